The molecule has 1 nitrogen and oxygen atoms in total. The van der Waals surface area contributed by atoms with E-state index in [4.69, 9.17) is 4.74 Å². The van der Waals surface area contributed by atoms with E-state index < -0.39 is 0 Å². The summed E-state index contributed by atoms with van der Waals surface area (Å²) in [5.41, 5.74) is 0. The molecular formula is C20H38O. The maximum atomic E-state index is 6.23. The van der Waals surface area contributed by atoms with Crippen molar-refractivity contribution >= 4 is 0 Å². The van der Waals surface area contributed by atoms with Crippen LogP contribution in [0, 0.1) is 11.8 Å². The van der Waals surface area contributed by atoms with Crippen LogP contribution in [-0.2, 0) is 4.74 Å². The van der Waals surface area contributed by atoms with Gasteiger partial charge in [-0.1, -0.05) is 64.2 Å². The van der Waals surface area contributed by atoms with Crippen molar-refractivity contribution in [2.75, 3.05) is 0 Å². The van der Waals surface area contributed by atoms with Gasteiger partial charge >= 0.3 is 0 Å². The molecule has 2 saturated carbocycles. The van der Waals surface area contributed by atoms with Gasteiger partial charge in [-0.3, -0.25) is 0 Å². The van der Waals surface area contributed by atoms with Crippen molar-refractivity contribution in [2.24, 2.45) is 11.8 Å². The van der Waals surface area contributed by atoms with Crippen LogP contribution in [0.4, 0.5) is 0 Å². The van der Waals surface area contributed by atoms with Crippen LogP contribution in [-0.4, -0.2) is 12.2 Å². The van der Waals surface area contributed by atoms with Crippen molar-refractivity contribution in [3.05, 3.63) is 0 Å². The summed E-state index contributed by atoms with van der Waals surface area (Å²) in [7, 11) is 0. The van der Waals surface area contributed by atoms with E-state index in [1.165, 1.54) is 89.9 Å². The minimum Gasteiger partial charge on any atom is -0.376 e. The minimum atomic E-state index is 0.466. The molecule has 2 aliphatic rings. The third kappa shape index (κ3) is 7.17. The lowest BCUT2D eigenvalue weighted by Gasteiger charge is -2.26. The Hall–Kier alpha value is -0.0400. The Morgan fingerprint density at radius 1 is 0.667 bits per heavy atom. The summed E-state index contributed by atoms with van der Waals surface area (Å²) in [6, 6.07) is 0. The van der Waals surface area contributed by atoms with Gasteiger partial charge in [-0.05, 0) is 51.4 Å². The maximum Gasteiger partial charge on any atom is 0.0550 e. The molecule has 0 aromatic rings. The monoisotopic (exact) mass is 294 g/mol. The fraction of sp³-hybridized carbons (Fsp3) is 1.00. The van der Waals surface area contributed by atoms with E-state index in [0.717, 1.165) is 11.8 Å². The molecule has 1 heteroatoms. The van der Waals surface area contributed by atoms with E-state index in [1.807, 2.05) is 0 Å². The summed E-state index contributed by atoms with van der Waals surface area (Å²) < 4.78 is 6.23. The molecule has 21 heavy (non-hydrogen) atoms. The van der Waals surface area contributed by atoms with Gasteiger partial charge in [-0.2, -0.15) is 0 Å². The first kappa shape index (κ1) is 17.3. The summed E-state index contributed by atoms with van der Waals surface area (Å²) in [6.45, 7) is 4.58. The molecular weight excluding hydrogens is 256 g/mol. The zero-order valence-corrected chi connectivity index (χ0v) is 14.6. The van der Waals surface area contributed by atoms with E-state index in [1.54, 1.807) is 0 Å². The molecule has 0 radical (unpaired) electrons. The molecule has 2 rings (SSSR count). The van der Waals surface area contributed by atoms with Crippen LogP contribution in [0.5, 0.6) is 0 Å². The van der Waals surface area contributed by atoms with E-state index in [2.05, 4.69) is 13.8 Å². The molecule has 0 saturated heterocycles. The largest absolute Gasteiger partial charge is 0.376 e. The third-order valence-electron chi connectivity index (χ3n) is 5.88. The summed E-state index contributed by atoms with van der Waals surface area (Å²) in [5.74, 6) is 2.00. The fourth-order valence-electron chi connectivity index (χ4n) is 4.43. The van der Waals surface area contributed by atoms with Crippen molar-refractivity contribution in [1.29, 1.82) is 0 Å². The van der Waals surface area contributed by atoms with Crippen LogP contribution in [0.15, 0.2) is 0 Å². The Morgan fingerprint density at radius 3 is 1.43 bits per heavy atom. The lowest BCUT2D eigenvalue weighted by molar-refractivity contribution is -0.00711. The Labute approximate surface area is 133 Å². The smallest absolute Gasteiger partial charge is 0.0550 e. The van der Waals surface area contributed by atoms with Crippen molar-refractivity contribution in [3.8, 4) is 0 Å². The van der Waals surface area contributed by atoms with Gasteiger partial charge in [0.1, 0.15) is 0 Å². The van der Waals surface area contributed by atoms with Crippen molar-refractivity contribution < 1.29 is 4.74 Å². The van der Waals surface area contributed by atoms with Gasteiger partial charge in [0.05, 0.1) is 12.2 Å². The van der Waals surface area contributed by atoms with Crippen LogP contribution in [0.25, 0.3) is 0 Å². The number of rotatable bonds is 8. The highest BCUT2D eigenvalue weighted by molar-refractivity contribution is 4.69. The summed E-state index contributed by atoms with van der Waals surface area (Å²) in [4.78, 5) is 0. The summed E-state index contributed by atoms with van der Waals surface area (Å²) in [5, 5.41) is 0. The van der Waals surface area contributed by atoms with E-state index in [9.17, 15) is 0 Å². The average Bonchev–Trinajstić information content (AvgIpc) is 2.53. The Balaban J connectivity index is 1.52. The molecule has 0 heterocycles. The van der Waals surface area contributed by atoms with Crippen LogP contribution < -0.4 is 0 Å². The second kappa shape index (κ2) is 9.87. The number of ether oxygens (including phenoxy) is 1. The molecule has 0 spiro atoms. The van der Waals surface area contributed by atoms with Gasteiger partial charge in [0.2, 0.25) is 0 Å². The first-order chi connectivity index (χ1) is 10.2. The van der Waals surface area contributed by atoms with Gasteiger partial charge in [-0.15, -0.1) is 0 Å². The van der Waals surface area contributed by atoms with E-state index in [-0.39, 0.29) is 0 Å². The zero-order chi connectivity index (χ0) is 14.9. The standard InChI is InChI=1S/C20H38O/c1-17(13-15-19-9-5-3-6-10-19)21-18(2)14-16-20-11-7-4-8-12-20/h17-20H,3-16H2,1-2H3. The predicted molar refractivity (Wildman–Crippen MR) is 91.6 cm³/mol. The number of hydrogen-bond donors (Lipinski definition) is 0. The van der Waals surface area contributed by atoms with Crippen molar-refractivity contribution in [2.45, 2.75) is 116 Å². The first-order valence-electron chi connectivity index (χ1n) is 9.89. The molecule has 0 aromatic heterocycles. The summed E-state index contributed by atoms with van der Waals surface area (Å²) >= 11 is 0. The Bertz CT molecular complexity index is 225. The summed E-state index contributed by atoms with van der Waals surface area (Å²) in [6.07, 6.45) is 21.0. The van der Waals surface area contributed by atoms with Crippen molar-refractivity contribution in [3.63, 3.8) is 0 Å². The van der Waals surface area contributed by atoms with Crippen LogP contribution in [0.1, 0.15) is 104 Å². The van der Waals surface area contributed by atoms with Crippen LogP contribution in [0.3, 0.4) is 0 Å². The third-order valence-corrected chi connectivity index (χ3v) is 5.88. The molecule has 0 aliphatic heterocycles. The van der Waals surface area contributed by atoms with Gasteiger partial charge < -0.3 is 4.74 Å². The predicted octanol–water partition coefficient (Wildman–Crippen LogP) is 6.50. The lowest BCUT2D eigenvalue weighted by atomic mass is 9.85. The van der Waals surface area contributed by atoms with E-state index in [0.29, 0.717) is 12.2 Å². The van der Waals surface area contributed by atoms with Crippen molar-refractivity contribution in [1.82, 2.24) is 0 Å². The van der Waals surface area contributed by atoms with Crippen LogP contribution >= 0.6 is 0 Å². The molecule has 0 aromatic carbocycles. The highest BCUT2D eigenvalue weighted by Gasteiger charge is 2.17. The maximum absolute atomic E-state index is 6.23. The second-order valence-electron chi connectivity index (χ2n) is 7.92. The zero-order valence-electron chi connectivity index (χ0n) is 14.6. The average molecular weight is 295 g/mol. The number of hydrogen-bond acceptors (Lipinski definition) is 1. The molecule has 2 atom stereocenters. The fourth-order valence-corrected chi connectivity index (χ4v) is 4.43. The molecule has 124 valence electrons. The normalized spacial score (nSPS) is 24.9. The second-order valence-corrected chi connectivity index (χ2v) is 7.92. The molecule has 0 bridgehead atoms. The van der Waals surface area contributed by atoms with Crippen LogP contribution in [0.2, 0.25) is 0 Å². The first-order valence-corrected chi connectivity index (χ1v) is 9.89. The lowest BCUT2D eigenvalue weighted by Crippen LogP contribution is -2.20. The van der Waals surface area contributed by atoms with Gasteiger partial charge in [-0.25, -0.2) is 0 Å². The molecule has 2 fully saturated rings. The van der Waals surface area contributed by atoms with Gasteiger partial charge in [0, 0.05) is 0 Å². The molecule has 2 aliphatic carbocycles. The Morgan fingerprint density at radius 2 is 1.05 bits per heavy atom. The van der Waals surface area contributed by atoms with Gasteiger partial charge in [0.25, 0.3) is 0 Å². The minimum absolute atomic E-state index is 0.466. The highest BCUT2D eigenvalue weighted by atomic mass is 16.5. The van der Waals surface area contributed by atoms with Gasteiger partial charge in [0.15, 0.2) is 0 Å². The highest BCUT2D eigenvalue weighted by Crippen LogP contribution is 2.29. The molecule has 0 amide bonds. The quantitative estimate of drug-likeness (QED) is 0.496. The molecule has 2 unspecified atom stereocenters. The van der Waals surface area contributed by atoms with E-state index >= 15 is 0 Å². The molecule has 0 N–H and O–H groups in total. The Kier molecular flexibility index (Phi) is 8.14. The SMILES string of the molecule is CC(CCC1CCCCC1)OC(C)CCC1CCCCC1. The topological polar surface area (TPSA) is 9.23 Å².